The van der Waals surface area contributed by atoms with Crippen molar-refractivity contribution in [2.75, 3.05) is 13.2 Å². The second-order valence-corrected chi connectivity index (χ2v) is 4.19. The van der Waals surface area contributed by atoms with Gasteiger partial charge in [0.2, 0.25) is 0 Å². The van der Waals surface area contributed by atoms with E-state index in [2.05, 4.69) is 11.4 Å². The molecule has 18 heavy (non-hydrogen) atoms. The molecule has 2 heterocycles. The fourth-order valence-corrected chi connectivity index (χ4v) is 1.97. The molecule has 0 aromatic rings. The van der Waals surface area contributed by atoms with E-state index in [4.69, 9.17) is 14.2 Å². The van der Waals surface area contributed by atoms with Crippen molar-refractivity contribution >= 4 is 5.97 Å². The minimum Gasteiger partial charge on any atom is -0.454 e. The summed E-state index contributed by atoms with van der Waals surface area (Å²) >= 11 is 0. The van der Waals surface area contributed by atoms with Crippen LogP contribution in [0.2, 0.25) is 0 Å². The molecular formula is C10H13NO7. The molecule has 0 aromatic heterocycles. The molecule has 100 valence electrons. The number of carbonyl (C=O) groups is 1. The van der Waals surface area contributed by atoms with Gasteiger partial charge >= 0.3 is 5.97 Å². The average Bonchev–Trinajstić information content (AvgIpc) is 2.82. The van der Waals surface area contributed by atoms with Gasteiger partial charge in [-0.3, -0.25) is 0 Å². The zero-order valence-electron chi connectivity index (χ0n) is 9.74. The second kappa shape index (κ2) is 4.91. The van der Waals surface area contributed by atoms with E-state index in [0.717, 1.165) is 0 Å². The van der Waals surface area contributed by atoms with E-state index in [9.17, 15) is 14.9 Å². The number of ether oxygens (including phenoxy) is 3. The van der Waals surface area contributed by atoms with Crippen LogP contribution < -0.4 is 0 Å². The first kappa shape index (κ1) is 12.8. The smallest absolute Gasteiger partial charge is 0.333 e. The Balaban J connectivity index is 1.94. The summed E-state index contributed by atoms with van der Waals surface area (Å²) < 4.78 is 15.8. The minimum atomic E-state index is -0.882. The number of fused-ring (bicyclic) bond motifs is 1. The molecule has 2 aliphatic heterocycles. The Hall–Kier alpha value is -1.67. The third-order valence-electron chi connectivity index (χ3n) is 2.79. The van der Waals surface area contributed by atoms with Crippen LogP contribution in [-0.2, 0) is 23.8 Å². The van der Waals surface area contributed by atoms with Crippen molar-refractivity contribution in [1.29, 1.82) is 0 Å². The molecule has 0 spiro atoms. The first-order valence-corrected chi connectivity index (χ1v) is 5.40. The number of hydrogen-bond acceptors (Lipinski definition) is 7. The first-order valence-electron chi connectivity index (χ1n) is 5.40. The van der Waals surface area contributed by atoms with Crippen molar-refractivity contribution in [2.45, 2.75) is 31.3 Å². The molecule has 2 fully saturated rings. The zero-order valence-corrected chi connectivity index (χ0v) is 9.74. The summed E-state index contributed by atoms with van der Waals surface area (Å²) in [5.41, 5.74) is 0.273. The van der Waals surface area contributed by atoms with Gasteiger partial charge in [0, 0.05) is 5.57 Å². The number of hydrogen-bond donors (Lipinski definition) is 0. The highest BCUT2D eigenvalue weighted by atomic mass is 17.0. The van der Waals surface area contributed by atoms with Crippen molar-refractivity contribution in [3.8, 4) is 0 Å². The van der Waals surface area contributed by atoms with E-state index in [1.165, 1.54) is 6.92 Å². The topological polar surface area (TPSA) is 97.1 Å². The molecule has 4 unspecified atom stereocenters. The number of nitrogens with zero attached hydrogens (tertiary/aromatic N) is 1. The van der Waals surface area contributed by atoms with Crippen molar-refractivity contribution in [3.63, 3.8) is 0 Å². The van der Waals surface area contributed by atoms with Crippen LogP contribution in [0.25, 0.3) is 0 Å². The quantitative estimate of drug-likeness (QED) is 0.299. The van der Waals surface area contributed by atoms with Crippen LogP contribution in [-0.4, -0.2) is 48.7 Å². The molecule has 0 aromatic carbocycles. The van der Waals surface area contributed by atoms with Crippen molar-refractivity contribution in [1.82, 2.24) is 0 Å². The number of esters is 1. The normalized spacial score (nSPS) is 33.8. The molecule has 8 heteroatoms. The highest BCUT2D eigenvalue weighted by molar-refractivity contribution is 5.87. The Bertz CT molecular complexity index is 382. The molecule has 0 amide bonds. The van der Waals surface area contributed by atoms with E-state index < -0.39 is 35.5 Å². The first-order chi connectivity index (χ1) is 8.49. The molecule has 0 radical (unpaired) electrons. The van der Waals surface area contributed by atoms with Gasteiger partial charge in [-0.1, -0.05) is 6.58 Å². The molecular weight excluding hydrogens is 246 g/mol. The van der Waals surface area contributed by atoms with Crippen LogP contribution in [0.1, 0.15) is 6.92 Å². The fourth-order valence-electron chi connectivity index (χ4n) is 1.97. The third kappa shape index (κ3) is 2.44. The van der Waals surface area contributed by atoms with E-state index >= 15 is 0 Å². The Morgan fingerprint density at radius 2 is 1.89 bits per heavy atom. The van der Waals surface area contributed by atoms with Gasteiger partial charge in [-0.05, 0) is 6.92 Å². The highest BCUT2D eigenvalue weighted by Crippen LogP contribution is 2.30. The lowest BCUT2D eigenvalue weighted by molar-refractivity contribution is -0.769. The summed E-state index contributed by atoms with van der Waals surface area (Å²) in [6.07, 6.45) is -2.48. The molecule has 0 bridgehead atoms. The SMILES string of the molecule is C=C(C)C(=O)OC1COC2C(O[N+](=O)[O-])COC12. The summed E-state index contributed by atoms with van der Waals surface area (Å²) in [5.74, 6) is -0.536. The number of rotatable bonds is 4. The molecule has 0 N–H and O–H groups in total. The van der Waals surface area contributed by atoms with Crippen LogP contribution in [0.5, 0.6) is 0 Å². The highest BCUT2D eigenvalue weighted by Gasteiger charge is 2.51. The third-order valence-corrected chi connectivity index (χ3v) is 2.79. The summed E-state index contributed by atoms with van der Waals surface area (Å²) in [4.78, 5) is 26.1. The lowest BCUT2D eigenvalue weighted by atomic mass is 10.1. The van der Waals surface area contributed by atoms with Gasteiger partial charge in [-0.2, -0.15) is 0 Å². The fraction of sp³-hybridized carbons (Fsp3) is 0.700. The standard InChI is InChI=1S/C10H13NO7/c1-5(2)10(12)17-6-3-15-9-7(18-11(13)14)4-16-8(6)9/h6-9H,1,3-4H2,2H3. The van der Waals surface area contributed by atoms with Crippen LogP contribution in [0, 0.1) is 10.1 Å². The Kier molecular flexibility index (Phi) is 3.48. The van der Waals surface area contributed by atoms with E-state index in [0.29, 0.717) is 0 Å². The van der Waals surface area contributed by atoms with Gasteiger partial charge in [0.25, 0.3) is 5.09 Å². The predicted octanol–water partition coefficient (Wildman–Crippen LogP) is -0.151. The summed E-state index contributed by atoms with van der Waals surface area (Å²) in [6.45, 7) is 5.17. The van der Waals surface area contributed by atoms with Crippen molar-refractivity contribution in [2.24, 2.45) is 0 Å². The van der Waals surface area contributed by atoms with Gasteiger partial charge in [0.05, 0.1) is 13.2 Å². The van der Waals surface area contributed by atoms with E-state index in [-0.39, 0.29) is 18.8 Å². The summed E-state index contributed by atoms with van der Waals surface area (Å²) in [6, 6.07) is 0. The maximum atomic E-state index is 11.4. The largest absolute Gasteiger partial charge is 0.454 e. The molecule has 2 aliphatic rings. The summed E-state index contributed by atoms with van der Waals surface area (Å²) in [7, 11) is 0. The Labute approximate surface area is 103 Å². The number of carbonyl (C=O) groups excluding carboxylic acids is 1. The lowest BCUT2D eigenvalue weighted by Crippen LogP contribution is -2.35. The lowest BCUT2D eigenvalue weighted by Gasteiger charge is -2.16. The Morgan fingerprint density at radius 1 is 1.33 bits per heavy atom. The summed E-state index contributed by atoms with van der Waals surface area (Å²) in [5, 5.41) is 9.39. The van der Waals surface area contributed by atoms with Crippen molar-refractivity contribution < 1.29 is 28.9 Å². The molecule has 2 rings (SSSR count). The minimum absolute atomic E-state index is 0.0391. The molecule has 4 atom stereocenters. The van der Waals surface area contributed by atoms with Gasteiger partial charge in [-0.15, -0.1) is 10.1 Å². The van der Waals surface area contributed by atoms with Gasteiger partial charge < -0.3 is 19.0 Å². The van der Waals surface area contributed by atoms with Gasteiger partial charge in [0.15, 0.2) is 12.2 Å². The molecule has 2 saturated heterocycles. The maximum Gasteiger partial charge on any atom is 0.333 e. The Morgan fingerprint density at radius 3 is 2.44 bits per heavy atom. The maximum absolute atomic E-state index is 11.4. The van der Waals surface area contributed by atoms with Crippen molar-refractivity contribution in [3.05, 3.63) is 22.3 Å². The molecule has 0 aliphatic carbocycles. The predicted molar refractivity (Wildman–Crippen MR) is 56.0 cm³/mol. The van der Waals surface area contributed by atoms with Crippen LogP contribution in [0.15, 0.2) is 12.2 Å². The van der Waals surface area contributed by atoms with Gasteiger partial charge in [0.1, 0.15) is 12.2 Å². The zero-order chi connectivity index (χ0) is 13.3. The second-order valence-electron chi connectivity index (χ2n) is 4.19. The van der Waals surface area contributed by atoms with Crippen LogP contribution in [0.4, 0.5) is 0 Å². The van der Waals surface area contributed by atoms with E-state index in [1.54, 1.807) is 0 Å². The van der Waals surface area contributed by atoms with E-state index in [1.807, 2.05) is 0 Å². The van der Waals surface area contributed by atoms with Crippen LogP contribution >= 0.6 is 0 Å². The van der Waals surface area contributed by atoms with Crippen LogP contribution in [0.3, 0.4) is 0 Å². The average molecular weight is 259 g/mol. The molecule has 0 saturated carbocycles. The van der Waals surface area contributed by atoms with Gasteiger partial charge in [-0.25, -0.2) is 4.79 Å². The molecule has 8 nitrogen and oxygen atoms in total. The monoisotopic (exact) mass is 259 g/mol.